The Bertz CT molecular complexity index is 985. The molecular formula is C26H44N4O4S2. The molecule has 1 saturated heterocycles. The van der Waals surface area contributed by atoms with Crippen molar-refractivity contribution in [1.82, 2.24) is 4.31 Å². The van der Waals surface area contributed by atoms with Crippen molar-refractivity contribution >= 4 is 33.7 Å². The van der Waals surface area contributed by atoms with E-state index in [-0.39, 0.29) is 12.2 Å². The highest BCUT2D eigenvalue weighted by atomic mass is 32.2. The van der Waals surface area contributed by atoms with Gasteiger partial charge in [0.2, 0.25) is 5.91 Å². The van der Waals surface area contributed by atoms with Crippen LogP contribution in [0.4, 0.5) is 5.69 Å². The highest BCUT2D eigenvalue weighted by Crippen LogP contribution is 2.65. The van der Waals surface area contributed by atoms with E-state index >= 15 is 0 Å². The first-order chi connectivity index (χ1) is 16.8. The van der Waals surface area contributed by atoms with Crippen molar-refractivity contribution in [1.29, 1.82) is 0 Å². The SMILES string of the molecule is CS(=O)(=O)CC[C@H](N)C(N)=O.Cc1ccccc1N1CCN(SOCC23CCC(CC2)C3(C)C)CC1. The van der Waals surface area contributed by atoms with E-state index in [1.54, 1.807) is 12.2 Å². The normalized spacial score (nSPS) is 26.4. The molecule has 0 aromatic heterocycles. The molecule has 2 saturated carbocycles. The fourth-order valence-electron chi connectivity index (χ4n) is 5.92. The van der Waals surface area contributed by atoms with Crippen LogP contribution in [-0.2, 0) is 18.8 Å². The van der Waals surface area contributed by atoms with E-state index in [0.717, 1.165) is 45.0 Å². The summed E-state index contributed by atoms with van der Waals surface area (Å²) in [6.07, 6.45) is 6.74. The first-order valence-corrected chi connectivity index (χ1v) is 15.7. The van der Waals surface area contributed by atoms with Crippen LogP contribution in [0.15, 0.2) is 24.3 Å². The van der Waals surface area contributed by atoms with Crippen molar-refractivity contribution in [2.75, 3.05) is 49.7 Å². The van der Waals surface area contributed by atoms with Gasteiger partial charge in [-0.15, -0.1) is 0 Å². The van der Waals surface area contributed by atoms with Crippen LogP contribution in [0.3, 0.4) is 0 Å². The molecule has 36 heavy (non-hydrogen) atoms. The highest BCUT2D eigenvalue weighted by molar-refractivity contribution is 7.92. The van der Waals surface area contributed by atoms with E-state index < -0.39 is 21.8 Å². The number of carbonyl (C=O) groups excluding carboxylic acids is 1. The van der Waals surface area contributed by atoms with Crippen LogP contribution in [0.2, 0.25) is 0 Å². The van der Waals surface area contributed by atoms with Crippen LogP contribution in [0.25, 0.3) is 0 Å². The standard InChI is InChI=1S/C21H32N2OS.C5H12N2O3S/c1-17-6-4-5-7-19(17)22-12-14-23(15-13-22)25-24-16-21-10-8-18(9-11-21)20(21,2)3;1-11(9,10)3-2-4(6)5(7)8/h4-7,18H,8-16H2,1-3H3;4H,2-3,6H2,1H3,(H2,7,8)/t;4-/m.0/s1. The smallest absolute Gasteiger partial charge is 0.234 e. The average molecular weight is 541 g/mol. The Morgan fingerprint density at radius 1 is 1.17 bits per heavy atom. The Kier molecular flexibility index (Phi) is 9.76. The number of hydrogen-bond donors (Lipinski definition) is 2. The van der Waals surface area contributed by atoms with E-state index in [2.05, 4.69) is 54.2 Å². The number of anilines is 1. The van der Waals surface area contributed by atoms with E-state index in [1.807, 2.05) is 0 Å². The van der Waals surface area contributed by atoms with Gasteiger partial charge >= 0.3 is 0 Å². The van der Waals surface area contributed by atoms with Gasteiger partial charge in [-0.1, -0.05) is 32.0 Å². The molecule has 4 rings (SSSR count). The quantitative estimate of drug-likeness (QED) is 0.362. The van der Waals surface area contributed by atoms with Crippen LogP contribution in [-0.4, -0.2) is 69.5 Å². The van der Waals surface area contributed by atoms with Gasteiger partial charge < -0.3 is 20.6 Å². The first-order valence-electron chi connectivity index (χ1n) is 12.9. The monoisotopic (exact) mass is 540 g/mol. The van der Waals surface area contributed by atoms with Gasteiger partial charge in [0, 0.05) is 43.5 Å². The topological polar surface area (TPSA) is 119 Å². The molecule has 1 aliphatic heterocycles. The van der Waals surface area contributed by atoms with Crippen molar-refractivity contribution in [3.05, 3.63) is 29.8 Å². The summed E-state index contributed by atoms with van der Waals surface area (Å²) in [5.41, 5.74) is 13.7. The summed E-state index contributed by atoms with van der Waals surface area (Å²) in [4.78, 5) is 12.8. The summed E-state index contributed by atoms with van der Waals surface area (Å²) in [7, 11) is -3.04. The van der Waals surface area contributed by atoms with Gasteiger partial charge in [0.15, 0.2) is 0 Å². The molecule has 1 heterocycles. The number of piperazine rings is 1. The minimum absolute atomic E-state index is 0.0914. The number of primary amides is 1. The molecule has 0 spiro atoms. The molecule has 1 aromatic rings. The summed E-state index contributed by atoms with van der Waals surface area (Å²) >= 11 is 1.63. The molecule has 0 unspecified atom stereocenters. The third kappa shape index (κ3) is 7.16. The van der Waals surface area contributed by atoms with Gasteiger partial charge in [-0.3, -0.25) is 4.79 Å². The lowest BCUT2D eigenvalue weighted by Gasteiger charge is -2.39. The zero-order valence-electron chi connectivity index (χ0n) is 22.2. The van der Waals surface area contributed by atoms with Crippen molar-refractivity contribution in [3.8, 4) is 0 Å². The van der Waals surface area contributed by atoms with Crippen molar-refractivity contribution < 1.29 is 17.4 Å². The molecule has 2 bridgehead atoms. The minimum Gasteiger partial charge on any atom is -0.369 e. The molecule has 3 aliphatic rings. The third-order valence-corrected chi connectivity index (χ3v) is 10.5. The molecule has 1 aromatic carbocycles. The lowest BCUT2D eigenvalue weighted by Crippen LogP contribution is -2.44. The van der Waals surface area contributed by atoms with Gasteiger partial charge in [0.25, 0.3) is 0 Å². The molecule has 1 amide bonds. The summed E-state index contributed by atoms with van der Waals surface area (Å²) in [5, 5.41) is 0. The van der Waals surface area contributed by atoms with Crippen molar-refractivity contribution in [2.24, 2.45) is 28.2 Å². The van der Waals surface area contributed by atoms with Gasteiger partial charge in [-0.25, -0.2) is 12.7 Å². The maximum Gasteiger partial charge on any atom is 0.234 e. The molecule has 0 radical (unpaired) electrons. The van der Waals surface area contributed by atoms with E-state index in [4.69, 9.17) is 15.7 Å². The second-order valence-corrected chi connectivity index (χ2v) is 14.4. The number of nitrogens with zero attached hydrogens (tertiary/aromatic N) is 2. The Morgan fingerprint density at radius 2 is 1.78 bits per heavy atom. The average Bonchev–Trinajstić information content (AvgIpc) is 3.21. The van der Waals surface area contributed by atoms with E-state index in [9.17, 15) is 13.2 Å². The second kappa shape index (κ2) is 12.0. The van der Waals surface area contributed by atoms with Gasteiger partial charge in [-0.2, -0.15) is 0 Å². The minimum atomic E-state index is -3.04. The molecule has 10 heteroatoms. The lowest BCUT2D eigenvalue weighted by atomic mass is 9.70. The number of benzene rings is 1. The number of fused-ring (bicyclic) bond motifs is 2. The molecule has 8 nitrogen and oxygen atoms in total. The van der Waals surface area contributed by atoms with Crippen molar-refractivity contribution in [3.63, 3.8) is 0 Å². The molecule has 1 atom stereocenters. The summed E-state index contributed by atoms with van der Waals surface area (Å²) < 4.78 is 29.7. The molecule has 204 valence electrons. The Balaban J connectivity index is 0.000000280. The van der Waals surface area contributed by atoms with E-state index in [0.29, 0.717) is 10.8 Å². The van der Waals surface area contributed by atoms with Crippen molar-refractivity contribution in [2.45, 2.75) is 58.9 Å². The lowest BCUT2D eigenvalue weighted by molar-refractivity contribution is -0.119. The predicted molar refractivity (Wildman–Crippen MR) is 148 cm³/mol. The number of carbonyl (C=O) groups is 1. The summed E-state index contributed by atoms with van der Waals surface area (Å²) in [5.74, 6) is 0.157. The fraction of sp³-hybridized carbons (Fsp3) is 0.731. The summed E-state index contributed by atoms with van der Waals surface area (Å²) in [6.45, 7) is 12.4. The molecule has 3 fully saturated rings. The first kappa shape index (κ1) is 29.2. The molecule has 4 N–H and O–H groups in total. The molecule has 2 aliphatic carbocycles. The van der Waals surface area contributed by atoms with Crippen LogP contribution in [0.5, 0.6) is 0 Å². The third-order valence-electron chi connectivity index (χ3n) is 8.68. The van der Waals surface area contributed by atoms with Gasteiger partial charge in [-0.05, 0) is 62.0 Å². The van der Waals surface area contributed by atoms with Crippen LogP contribution in [0.1, 0.15) is 51.5 Å². The maximum atomic E-state index is 10.6. The number of aryl methyl sites for hydroxylation is 1. The zero-order valence-corrected chi connectivity index (χ0v) is 23.9. The number of rotatable bonds is 9. The van der Waals surface area contributed by atoms with Gasteiger partial charge in [0.1, 0.15) is 9.84 Å². The zero-order chi connectivity index (χ0) is 26.6. The number of para-hydroxylation sites is 1. The van der Waals surface area contributed by atoms with E-state index in [1.165, 1.54) is 36.9 Å². The Morgan fingerprint density at radius 3 is 2.28 bits per heavy atom. The Hall–Kier alpha value is -1.33. The summed E-state index contributed by atoms with van der Waals surface area (Å²) in [6, 6.07) is 7.86. The second-order valence-electron chi connectivity index (χ2n) is 11.2. The Labute approximate surface area is 221 Å². The number of amides is 1. The number of nitrogens with two attached hydrogens (primary N) is 2. The number of sulfone groups is 1. The highest BCUT2D eigenvalue weighted by Gasteiger charge is 2.58. The maximum absolute atomic E-state index is 10.6. The van der Waals surface area contributed by atoms with Crippen LogP contribution < -0.4 is 16.4 Å². The molecular weight excluding hydrogens is 496 g/mol. The predicted octanol–water partition coefficient (Wildman–Crippen LogP) is 3.15. The van der Waals surface area contributed by atoms with Gasteiger partial charge in [0.05, 0.1) is 30.6 Å². The van der Waals surface area contributed by atoms with Crippen LogP contribution in [0, 0.1) is 23.7 Å². The fourth-order valence-corrected chi connectivity index (χ4v) is 7.34. The van der Waals surface area contributed by atoms with Crippen LogP contribution >= 0.6 is 12.2 Å². The largest absolute Gasteiger partial charge is 0.369 e. The number of hydrogen-bond acceptors (Lipinski definition) is 8.